The maximum absolute atomic E-state index is 14.1. The van der Waals surface area contributed by atoms with E-state index >= 15 is 0 Å². The van der Waals surface area contributed by atoms with Crippen LogP contribution in [0.4, 0.5) is 10.3 Å². The molecule has 0 aliphatic carbocycles. The van der Waals surface area contributed by atoms with Gasteiger partial charge in [0.15, 0.2) is 0 Å². The molecule has 23 heavy (non-hydrogen) atoms. The van der Waals surface area contributed by atoms with E-state index in [0.717, 1.165) is 26.1 Å². The van der Waals surface area contributed by atoms with E-state index < -0.39 is 11.4 Å². The molecule has 1 aliphatic heterocycles. The van der Waals surface area contributed by atoms with Crippen molar-refractivity contribution in [2.24, 2.45) is 5.92 Å². The summed E-state index contributed by atoms with van der Waals surface area (Å²) in [5, 5.41) is 3.08. The summed E-state index contributed by atoms with van der Waals surface area (Å²) in [5.74, 6) is 0.569. The zero-order valence-corrected chi connectivity index (χ0v) is 13.0. The molecule has 1 aliphatic rings. The van der Waals surface area contributed by atoms with E-state index in [1.54, 1.807) is 6.07 Å². The fourth-order valence-electron chi connectivity index (χ4n) is 2.72. The van der Waals surface area contributed by atoms with Crippen LogP contribution in [0.1, 0.15) is 19.8 Å². The molecule has 1 aromatic heterocycles. The van der Waals surface area contributed by atoms with Crippen molar-refractivity contribution in [3.8, 4) is 5.75 Å². The van der Waals surface area contributed by atoms with Crippen LogP contribution in [0, 0.1) is 11.7 Å². The summed E-state index contributed by atoms with van der Waals surface area (Å²) in [7, 11) is 0. The van der Waals surface area contributed by atoms with Crippen LogP contribution < -0.4 is 15.6 Å². The van der Waals surface area contributed by atoms with Crippen molar-refractivity contribution in [1.82, 2.24) is 9.97 Å². The summed E-state index contributed by atoms with van der Waals surface area (Å²) in [6.07, 6.45) is 1.96. The van der Waals surface area contributed by atoms with Crippen molar-refractivity contribution in [3.05, 3.63) is 28.3 Å². The second-order valence-electron chi connectivity index (χ2n) is 5.58. The zero-order valence-electron chi connectivity index (χ0n) is 13.0. The SMILES string of the molecule is CCOc1cc(F)c2c(=O)[nH]c(NCC3CCOCC3)nc2c1. The average molecular weight is 321 g/mol. The standard InChI is InChI=1S/C16H20FN3O3/c1-2-23-11-7-12(17)14-13(8-11)19-16(20-15(14)21)18-9-10-3-5-22-6-4-10/h7-8,10H,2-6,9H2,1H3,(H2,18,19,20,21). The number of hydrogen-bond donors (Lipinski definition) is 2. The number of fused-ring (bicyclic) bond motifs is 1. The van der Waals surface area contributed by atoms with Gasteiger partial charge in [0, 0.05) is 31.9 Å². The molecule has 1 saturated heterocycles. The minimum Gasteiger partial charge on any atom is -0.494 e. The van der Waals surface area contributed by atoms with Crippen molar-refractivity contribution in [3.63, 3.8) is 0 Å². The van der Waals surface area contributed by atoms with E-state index in [4.69, 9.17) is 9.47 Å². The number of H-pyrrole nitrogens is 1. The summed E-state index contributed by atoms with van der Waals surface area (Å²) >= 11 is 0. The molecule has 6 nitrogen and oxygen atoms in total. The Kier molecular flexibility index (Phi) is 4.76. The highest BCUT2D eigenvalue weighted by Gasteiger charge is 2.15. The maximum Gasteiger partial charge on any atom is 0.263 e. The van der Waals surface area contributed by atoms with Crippen molar-refractivity contribution < 1.29 is 13.9 Å². The fourth-order valence-corrected chi connectivity index (χ4v) is 2.72. The molecule has 2 N–H and O–H groups in total. The van der Waals surface area contributed by atoms with Gasteiger partial charge in [-0.1, -0.05) is 0 Å². The number of nitrogens with one attached hydrogen (secondary N) is 2. The molecule has 124 valence electrons. The second kappa shape index (κ2) is 6.95. The molecule has 0 bridgehead atoms. The van der Waals surface area contributed by atoms with Gasteiger partial charge in [-0.15, -0.1) is 0 Å². The van der Waals surface area contributed by atoms with Gasteiger partial charge < -0.3 is 14.8 Å². The first kappa shape index (κ1) is 15.7. The van der Waals surface area contributed by atoms with Crippen LogP contribution in [-0.2, 0) is 4.74 Å². The smallest absolute Gasteiger partial charge is 0.263 e. The zero-order chi connectivity index (χ0) is 16.2. The number of hydrogen-bond acceptors (Lipinski definition) is 5. The quantitative estimate of drug-likeness (QED) is 0.884. The van der Waals surface area contributed by atoms with Gasteiger partial charge in [0.2, 0.25) is 5.95 Å². The third-order valence-electron chi connectivity index (χ3n) is 3.94. The van der Waals surface area contributed by atoms with Gasteiger partial charge in [-0.3, -0.25) is 9.78 Å². The number of aromatic nitrogens is 2. The Labute approximate surface area is 133 Å². The Morgan fingerprint density at radius 3 is 2.96 bits per heavy atom. The summed E-state index contributed by atoms with van der Waals surface area (Å²) in [6, 6.07) is 2.79. The average Bonchev–Trinajstić information content (AvgIpc) is 2.53. The number of ether oxygens (including phenoxy) is 2. The van der Waals surface area contributed by atoms with Crippen molar-refractivity contribution >= 4 is 16.9 Å². The van der Waals surface area contributed by atoms with Crippen LogP contribution in [0.3, 0.4) is 0 Å². The molecule has 2 heterocycles. The van der Waals surface area contributed by atoms with E-state index in [1.165, 1.54) is 6.07 Å². The van der Waals surface area contributed by atoms with Crippen LogP contribution in [0.2, 0.25) is 0 Å². The van der Waals surface area contributed by atoms with Gasteiger partial charge in [0.25, 0.3) is 5.56 Å². The topological polar surface area (TPSA) is 76.2 Å². The molecule has 1 fully saturated rings. The van der Waals surface area contributed by atoms with Gasteiger partial charge >= 0.3 is 0 Å². The molecule has 2 aromatic rings. The molecule has 0 amide bonds. The van der Waals surface area contributed by atoms with Gasteiger partial charge in [0.1, 0.15) is 17.0 Å². The minimum atomic E-state index is -0.629. The summed E-state index contributed by atoms with van der Waals surface area (Å²) in [5.41, 5.74) is -0.211. The van der Waals surface area contributed by atoms with Crippen LogP contribution >= 0.6 is 0 Å². The number of aromatic amines is 1. The van der Waals surface area contributed by atoms with Crippen LogP contribution in [0.25, 0.3) is 10.9 Å². The number of benzene rings is 1. The number of halogens is 1. The van der Waals surface area contributed by atoms with Gasteiger partial charge in [0.05, 0.1) is 12.1 Å². The van der Waals surface area contributed by atoms with E-state index in [9.17, 15) is 9.18 Å². The van der Waals surface area contributed by atoms with Crippen LogP contribution in [-0.4, -0.2) is 36.3 Å². The predicted molar refractivity (Wildman–Crippen MR) is 85.5 cm³/mol. The minimum absolute atomic E-state index is 0.0509. The Hall–Kier alpha value is -2.15. The molecular weight excluding hydrogens is 301 g/mol. The second-order valence-corrected chi connectivity index (χ2v) is 5.58. The highest BCUT2D eigenvalue weighted by Crippen LogP contribution is 2.22. The largest absolute Gasteiger partial charge is 0.494 e. The van der Waals surface area contributed by atoms with Gasteiger partial charge in [-0.05, 0) is 25.7 Å². The summed E-state index contributed by atoms with van der Waals surface area (Å²) in [4.78, 5) is 19.0. The monoisotopic (exact) mass is 321 g/mol. The van der Waals surface area contributed by atoms with Crippen LogP contribution in [0.5, 0.6) is 5.75 Å². The molecule has 7 heteroatoms. The maximum atomic E-state index is 14.1. The third-order valence-corrected chi connectivity index (χ3v) is 3.94. The van der Waals surface area contributed by atoms with Crippen molar-refractivity contribution in [1.29, 1.82) is 0 Å². The lowest BCUT2D eigenvalue weighted by molar-refractivity contribution is 0.0699. The lowest BCUT2D eigenvalue weighted by Gasteiger charge is -2.22. The molecule has 0 atom stereocenters. The summed E-state index contributed by atoms with van der Waals surface area (Å²) < 4.78 is 24.7. The molecule has 0 radical (unpaired) electrons. The number of anilines is 1. The highest BCUT2D eigenvalue weighted by atomic mass is 19.1. The molecule has 0 unspecified atom stereocenters. The lowest BCUT2D eigenvalue weighted by atomic mass is 10.0. The van der Waals surface area contributed by atoms with Gasteiger partial charge in [-0.2, -0.15) is 0 Å². The molecule has 1 aromatic carbocycles. The van der Waals surface area contributed by atoms with Crippen LogP contribution in [0.15, 0.2) is 16.9 Å². The third kappa shape index (κ3) is 3.61. The Morgan fingerprint density at radius 2 is 2.22 bits per heavy atom. The molecular formula is C16H20FN3O3. The Balaban J connectivity index is 1.85. The fraction of sp³-hybridized carbons (Fsp3) is 0.500. The first-order chi connectivity index (χ1) is 11.2. The van der Waals surface area contributed by atoms with Gasteiger partial charge in [-0.25, -0.2) is 9.37 Å². The highest BCUT2D eigenvalue weighted by molar-refractivity contribution is 5.80. The molecule has 3 rings (SSSR count). The predicted octanol–water partition coefficient (Wildman–Crippen LogP) is 2.30. The van der Waals surface area contributed by atoms with E-state index in [1.807, 2.05) is 6.92 Å². The van der Waals surface area contributed by atoms with E-state index in [0.29, 0.717) is 30.8 Å². The summed E-state index contributed by atoms with van der Waals surface area (Å²) in [6.45, 7) is 4.45. The number of nitrogens with zero attached hydrogens (tertiary/aromatic N) is 1. The molecule has 0 saturated carbocycles. The Bertz CT molecular complexity index is 741. The lowest BCUT2D eigenvalue weighted by Crippen LogP contribution is -2.24. The van der Waals surface area contributed by atoms with Crippen molar-refractivity contribution in [2.45, 2.75) is 19.8 Å². The first-order valence-electron chi connectivity index (χ1n) is 7.85. The van der Waals surface area contributed by atoms with E-state index in [2.05, 4.69) is 15.3 Å². The first-order valence-corrected chi connectivity index (χ1v) is 7.85. The van der Waals surface area contributed by atoms with Crippen molar-refractivity contribution in [2.75, 3.05) is 31.7 Å². The number of rotatable bonds is 5. The van der Waals surface area contributed by atoms with E-state index in [-0.39, 0.29) is 10.9 Å². The normalized spacial score (nSPS) is 15.7. The Morgan fingerprint density at radius 1 is 1.43 bits per heavy atom. The molecule has 0 spiro atoms.